The molecule has 1 aliphatic heterocycles. The van der Waals surface area contributed by atoms with E-state index in [1.807, 2.05) is 49.5 Å². The number of fused-ring (bicyclic) bond motifs is 1. The number of anilines is 1. The molecule has 0 saturated carbocycles. The van der Waals surface area contributed by atoms with Gasteiger partial charge < -0.3 is 10.1 Å². The van der Waals surface area contributed by atoms with E-state index in [1.165, 1.54) is 5.56 Å². The van der Waals surface area contributed by atoms with Gasteiger partial charge in [0.2, 0.25) is 0 Å². The van der Waals surface area contributed by atoms with Crippen LogP contribution >= 0.6 is 0 Å². The maximum absolute atomic E-state index is 12.8. The largest absolute Gasteiger partial charge is 0.363 e. The van der Waals surface area contributed by atoms with E-state index in [0.29, 0.717) is 12.4 Å². The average molecular weight is 347 g/mol. The number of rotatable bonds is 3. The zero-order valence-electron chi connectivity index (χ0n) is 14.9. The molecule has 1 aromatic heterocycles. The van der Waals surface area contributed by atoms with Crippen molar-refractivity contribution < 1.29 is 9.53 Å². The summed E-state index contributed by atoms with van der Waals surface area (Å²) in [7, 11) is 1.83. The Morgan fingerprint density at radius 3 is 2.81 bits per heavy atom. The van der Waals surface area contributed by atoms with Crippen LogP contribution in [0.4, 0.5) is 5.82 Å². The second-order valence-corrected chi connectivity index (χ2v) is 6.54. The van der Waals surface area contributed by atoms with Crippen molar-refractivity contribution in [3.63, 3.8) is 0 Å². The highest BCUT2D eigenvalue weighted by Gasteiger charge is 2.28. The maximum atomic E-state index is 12.8. The van der Waals surface area contributed by atoms with Crippen LogP contribution in [0.15, 0.2) is 54.6 Å². The van der Waals surface area contributed by atoms with Gasteiger partial charge in [-0.2, -0.15) is 5.10 Å². The minimum atomic E-state index is -0.586. The molecule has 1 aliphatic rings. The summed E-state index contributed by atoms with van der Waals surface area (Å²) in [4.78, 5) is 12.8. The number of nitrogens with one attached hydrogen (secondary N) is 1. The van der Waals surface area contributed by atoms with Crippen LogP contribution in [0.3, 0.4) is 0 Å². The quantitative estimate of drug-likeness (QED) is 0.787. The Kier molecular flexibility index (Phi) is 4.31. The summed E-state index contributed by atoms with van der Waals surface area (Å²) in [5.41, 5.74) is 5.16. The molecule has 5 nitrogen and oxygen atoms in total. The molecule has 0 unspecified atom stereocenters. The fraction of sp³-hybridized carbons (Fsp3) is 0.238. The number of hydrogen-bond acceptors (Lipinski definition) is 3. The molecule has 2 heterocycles. The highest BCUT2D eigenvalue weighted by molar-refractivity contribution is 5.95. The van der Waals surface area contributed by atoms with Gasteiger partial charge in [0.05, 0.1) is 12.3 Å². The number of hydrogen-bond donors (Lipinski definition) is 1. The molecule has 3 aromatic rings. The molecule has 2 aromatic carbocycles. The fourth-order valence-electron chi connectivity index (χ4n) is 3.38. The minimum absolute atomic E-state index is 0.170. The number of ether oxygens (including phenoxy) is 1. The number of benzene rings is 2. The molecule has 0 fully saturated rings. The third kappa shape index (κ3) is 3.02. The summed E-state index contributed by atoms with van der Waals surface area (Å²) in [6.07, 6.45) is 0.250. The molecule has 0 radical (unpaired) electrons. The van der Waals surface area contributed by atoms with E-state index in [9.17, 15) is 4.79 Å². The van der Waals surface area contributed by atoms with Crippen LogP contribution < -0.4 is 5.32 Å². The van der Waals surface area contributed by atoms with Crippen molar-refractivity contribution in [3.05, 3.63) is 71.3 Å². The van der Waals surface area contributed by atoms with E-state index in [2.05, 4.69) is 29.5 Å². The van der Waals surface area contributed by atoms with Gasteiger partial charge >= 0.3 is 0 Å². The number of aryl methyl sites for hydroxylation is 2. The molecular weight excluding hydrogens is 326 g/mol. The summed E-state index contributed by atoms with van der Waals surface area (Å²) in [5, 5.41) is 7.51. The van der Waals surface area contributed by atoms with E-state index < -0.39 is 6.10 Å². The van der Waals surface area contributed by atoms with E-state index >= 15 is 0 Å². The van der Waals surface area contributed by atoms with E-state index in [0.717, 1.165) is 28.8 Å². The Balaban J connectivity index is 1.59. The molecule has 0 saturated heterocycles. The molecule has 0 bridgehead atoms. The third-order valence-corrected chi connectivity index (χ3v) is 4.78. The van der Waals surface area contributed by atoms with Gasteiger partial charge in [0, 0.05) is 18.7 Å². The highest BCUT2D eigenvalue weighted by Crippen LogP contribution is 2.29. The predicted octanol–water partition coefficient (Wildman–Crippen LogP) is 3.65. The highest BCUT2D eigenvalue weighted by atomic mass is 16.5. The molecule has 1 amide bonds. The van der Waals surface area contributed by atoms with Gasteiger partial charge in [-0.25, -0.2) is 0 Å². The van der Waals surface area contributed by atoms with Crippen LogP contribution in [0, 0.1) is 6.92 Å². The smallest absolute Gasteiger partial charge is 0.259 e. The first-order valence-electron chi connectivity index (χ1n) is 8.74. The SMILES string of the molecule is Cc1ccccc1-c1cc(NC(=O)[C@@H]2OCCc3ccccc32)n(C)n1. The Morgan fingerprint density at radius 2 is 1.96 bits per heavy atom. The van der Waals surface area contributed by atoms with Gasteiger partial charge in [0.25, 0.3) is 5.91 Å². The lowest BCUT2D eigenvalue weighted by Gasteiger charge is -2.25. The fourth-order valence-corrected chi connectivity index (χ4v) is 3.38. The van der Waals surface area contributed by atoms with Crippen molar-refractivity contribution in [2.24, 2.45) is 7.05 Å². The van der Waals surface area contributed by atoms with Gasteiger partial charge in [0.1, 0.15) is 5.82 Å². The molecule has 4 rings (SSSR count). The van der Waals surface area contributed by atoms with Crippen molar-refractivity contribution in [2.75, 3.05) is 11.9 Å². The van der Waals surface area contributed by atoms with Crippen LogP contribution in [-0.4, -0.2) is 22.3 Å². The first kappa shape index (κ1) is 16.5. The number of nitrogens with zero attached hydrogens (tertiary/aromatic N) is 2. The van der Waals surface area contributed by atoms with Crippen LogP contribution in [0.2, 0.25) is 0 Å². The Morgan fingerprint density at radius 1 is 1.19 bits per heavy atom. The second-order valence-electron chi connectivity index (χ2n) is 6.54. The first-order chi connectivity index (χ1) is 12.6. The van der Waals surface area contributed by atoms with Crippen LogP contribution in [0.1, 0.15) is 22.8 Å². The predicted molar refractivity (Wildman–Crippen MR) is 101 cm³/mol. The molecule has 1 N–H and O–H groups in total. The molecule has 0 aliphatic carbocycles. The normalized spacial score (nSPS) is 16.2. The van der Waals surface area contributed by atoms with Crippen LogP contribution in [-0.2, 0) is 23.0 Å². The van der Waals surface area contributed by atoms with Crippen LogP contribution in [0.25, 0.3) is 11.3 Å². The molecule has 26 heavy (non-hydrogen) atoms. The Labute approximate surface area is 152 Å². The summed E-state index contributed by atoms with van der Waals surface area (Å²) < 4.78 is 7.44. The lowest BCUT2D eigenvalue weighted by Crippen LogP contribution is -2.28. The van der Waals surface area contributed by atoms with Gasteiger partial charge in [-0.3, -0.25) is 9.48 Å². The van der Waals surface area contributed by atoms with Gasteiger partial charge in [-0.15, -0.1) is 0 Å². The zero-order valence-corrected chi connectivity index (χ0v) is 14.9. The molecule has 1 atom stereocenters. The summed E-state index contributed by atoms with van der Waals surface area (Å²) >= 11 is 0. The van der Waals surface area contributed by atoms with Crippen molar-refractivity contribution in [1.82, 2.24) is 9.78 Å². The van der Waals surface area contributed by atoms with Crippen molar-refractivity contribution in [2.45, 2.75) is 19.4 Å². The molecule has 5 heteroatoms. The molecule has 0 spiro atoms. The third-order valence-electron chi connectivity index (χ3n) is 4.78. The standard InChI is InChI=1S/C21H21N3O2/c1-14-7-3-5-9-16(14)18-13-19(24(2)23-18)22-21(25)20-17-10-6-4-8-15(17)11-12-26-20/h3-10,13,20H,11-12H2,1-2H3,(H,22,25)/t20-/m1/s1. The topological polar surface area (TPSA) is 56.1 Å². The monoisotopic (exact) mass is 347 g/mol. The summed E-state index contributed by atoms with van der Waals surface area (Å²) in [6, 6.07) is 17.9. The number of carbonyl (C=O) groups excluding carboxylic acids is 1. The maximum Gasteiger partial charge on any atom is 0.259 e. The second kappa shape index (κ2) is 6.77. The van der Waals surface area contributed by atoms with Gasteiger partial charge in [0.15, 0.2) is 6.10 Å². The van der Waals surface area contributed by atoms with Gasteiger partial charge in [-0.05, 0) is 30.0 Å². The minimum Gasteiger partial charge on any atom is -0.363 e. The first-order valence-corrected chi connectivity index (χ1v) is 8.74. The number of amides is 1. The average Bonchev–Trinajstić information content (AvgIpc) is 3.01. The molecular formula is C21H21N3O2. The van der Waals surface area contributed by atoms with Crippen molar-refractivity contribution in [1.29, 1.82) is 0 Å². The zero-order chi connectivity index (χ0) is 18.1. The Hall–Kier alpha value is -2.92. The van der Waals surface area contributed by atoms with E-state index in [1.54, 1.807) is 4.68 Å². The summed E-state index contributed by atoms with van der Waals surface area (Å²) in [5.74, 6) is 0.483. The lowest BCUT2D eigenvalue weighted by molar-refractivity contribution is -0.128. The van der Waals surface area contributed by atoms with Crippen molar-refractivity contribution in [3.8, 4) is 11.3 Å². The van der Waals surface area contributed by atoms with E-state index in [4.69, 9.17) is 4.74 Å². The molecule has 132 valence electrons. The van der Waals surface area contributed by atoms with Crippen LogP contribution in [0.5, 0.6) is 0 Å². The number of carbonyl (C=O) groups is 1. The van der Waals surface area contributed by atoms with E-state index in [-0.39, 0.29) is 5.91 Å². The number of aromatic nitrogens is 2. The van der Waals surface area contributed by atoms with Crippen molar-refractivity contribution >= 4 is 11.7 Å². The lowest BCUT2D eigenvalue weighted by atomic mass is 9.97. The summed E-state index contributed by atoms with van der Waals surface area (Å²) in [6.45, 7) is 2.60. The van der Waals surface area contributed by atoms with Gasteiger partial charge in [-0.1, -0.05) is 48.5 Å². The Bertz CT molecular complexity index is 961.